The average Bonchev–Trinajstić information content (AvgIpc) is 1.75. The maximum Gasteiger partial charge on any atom is 0.413 e. The van der Waals surface area contributed by atoms with Gasteiger partial charge in [-0.2, -0.15) is 10.2 Å². The standard InChI is InChI=1S/C26H25N7O2.C20H20N8O2.C19H18N6O3/c1-3-27-26(35)31-25-29-21-13-20(14-22(24(21)30-25)33-11-7-10-28-33)19-12-17(2)32(23(34)15-19)16-18-8-5-4-6-9-18;1-3-22-20(29)28-19-26-15-8-11(12-9-23-18(21)24-10-12)7-13(17(15)27-19)14-5-4-6-16(25-14)30-2;1-3-28-19(27)24-18-22-14-7-12(13-9-16(26)11(2)20-10-13)8-15(17(14)23-18)25-6-4-5-21-25/h4-15H,3,16H2,1-2H3,(H3,27,29,30,31,35);4-10H,3H2,1-2H3,(H2,21,23,24)(H3,22,26,27,28,29);4-11H,3H2,1-2H3,(H2,22,23,24,27). The minimum atomic E-state index is -0.593. The van der Waals surface area contributed by atoms with Crippen molar-refractivity contribution in [1.29, 1.82) is 0 Å². The molecule has 0 spiro atoms. The van der Waals surface area contributed by atoms with Gasteiger partial charge in [-0.05, 0) is 129 Å². The molecular weight excluding hydrogens is 1190 g/mol. The van der Waals surface area contributed by atoms with Gasteiger partial charge in [-0.25, -0.2) is 53.7 Å². The van der Waals surface area contributed by atoms with Gasteiger partial charge in [0.2, 0.25) is 29.7 Å². The Morgan fingerprint density at radius 1 is 0.634 bits per heavy atom. The Bertz CT molecular complexity index is 4820. The molecule has 1 aliphatic heterocycles. The zero-order valence-electron chi connectivity index (χ0n) is 51.2. The molecule has 0 saturated heterocycles. The number of nitrogens with two attached hydrogens (primary N) is 1. The molecule has 0 radical (unpaired) electrons. The van der Waals surface area contributed by atoms with Crippen molar-refractivity contribution in [3.05, 3.63) is 180 Å². The number of aromatic nitrogens is 14. The first kappa shape index (κ1) is 62.0. The van der Waals surface area contributed by atoms with Crippen LogP contribution in [0.1, 0.15) is 44.5 Å². The Labute approximate surface area is 529 Å². The van der Waals surface area contributed by atoms with Crippen molar-refractivity contribution in [3.63, 3.8) is 0 Å². The van der Waals surface area contributed by atoms with Gasteiger partial charge in [-0.1, -0.05) is 36.4 Å². The number of nitrogen functional groups attached to an aromatic ring is 1. The molecule has 10 N–H and O–H groups in total. The third-order valence-electron chi connectivity index (χ3n) is 14.4. The van der Waals surface area contributed by atoms with Crippen LogP contribution < -0.4 is 42.6 Å². The van der Waals surface area contributed by atoms with Crippen molar-refractivity contribution in [2.75, 3.05) is 48.5 Å². The predicted molar refractivity (Wildman–Crippen MR) is 355 cm³/mol. The lowest BCUT2D eigenvalue weighted by Crippen LogP contribution is -2.28. The fourth-order valence-electron chi connectivity index (χ4n) is 10.0. The number of hydrogen-bond acceptors (Lipinski definition) is 17. The molecule has 0 fully saturated rings. The quantitative estimate of drug-likeness (QED) is 0.0461. The van der Waals surface area contributed by atoms with E-state index in [1.807, 2.05) is 118 Å². The maximum absolute atomic E-state index is 13.1. The molecule has 28 heteroatoms. The van der Waals surface area contributed by atoms with Crippen molar-refractivity contribution in [3.8, 4) is 50.8 Å². The van der Waals surface area contributed by atoms with E-state index >= 15 is 0 Å². The lowest BCUT2D eigenvalue weighted by Gasteiger charge is -2.13. The number of benzene rings is 4. The van der Waals surface area contributed by atoms with Gasteiger partial charge in [0, 0.05) is 91.0 Å². The van der Waals surface area contributed by atoms with Crippen LogP contribution in [0.3, 0.4) is 0 Å². The summed E-state index contributed by atoms with van der Waals surface area (Å²) >= 11 is 0. The molecule has 9 heterocycles. The van der Waals surface area contributed by atoms with Crippen LogP contribution >= 0.6 is 0 Å². The first-order valence-electron chi connectivity index (χ1n) is 29.4. The first-order valence-corrected chi connectivity index (χ1v) is 29.4. The summed E-state index contributed by atoms with van der Waals surface area (Å²) in [6.07, 6.45) is 12.9. The van der Waals surface area contributed by atoms with Crippen LogP contribution in [0, 0.1) is 6.92 Å². The van der Waals surface area contributed by atoms with Crippen LogP contribution in [0.5, 0.6) is 5.88 Å². The van der Waals surface area contributed by atoms with Crippen molar-refractivity contribution >= 4 is 92.6 Å². The van der Waals surface area contributed by atoms with Gasteiger partial charge in [0.05, 0.1) is 59.4 Å². The van der Waals surface area contributed by atoms with Crippen molar-refractivity contribution in [1.82, 2.24) is 79.6 Å². The monoisotopic (exact) mass is 1250 g/mol. The molecule has 12 aromatic rings. The molecule has 28 nitrogen and oxygen atoms in total. The number of pyridine rings is 2. The Balaban J connectivity index is 0.000000144. The van der Waals surface area contributed by atoms with Gasteiger partial charge in [-0.3, -0.25) is 30.5 Å². The predicted octanol–water partition coefficient (Wildman–Crippen LogP) is 9.63. The molecule has 8 aromatic heterocycles. The number of fused-ring (bicyclic) bond motifs is 3. The van der Waals surface area contributed by atoms with Gasteiger partial charge in [-0.15, -0.1) is 0 Å². The van der Waals surface area contributed by atoms with Gasteiger partial charge < -0.3 is 45.4 Å². The van der Waals surface area contributed by atoms with Gasteiger partial charge in [0.1, 0.15) is 17.1 Å². The highest BCUT2D eigenvalue weighted by Gasteiger charge is 2.21. The van der Waals surface area contributed by atoms with Crippen LogP contribution in [-0.4, -0.2) is 132 Å². The molecule has 13 rings (SSSR count). The van der Waals surface area contributed by atoms with Crippen LogP contribution in [0.15, 0.2) is 162 Å². The lowest BCUT2D eigenvalue weighted by atomic mass is 10.00. The third kappa shape index (κ3) is 14.4. The molecular formula is C65H63N21O7. The number of aromatic amines is 3. The lowest BCUT2D eigenvalue weighted by molar-refractivity contribution is -0.115. The van der Waals surface area contributed by atoms with E-state index in [9.17, 15) is 24.0 Å². The minimum Gasteiger partial charge on any atom is -0.481 e. The second kappa shape index (κ2) is 27.8. The van der Waals surface area contributed by atoms with E-state index in [4.69, 9.17) is 15.2 Å². The molecule has 5 amide bonds. The number of amides is 5. The molecule has 0 aliphatic carbocycles. The van der Waals surface area contributed by atoms with E-state index in [0.717, 1.165) is 55.8 Å². The number of anilines is 4. The summed E-state index contributed by atoms with van der Waals surface area (Å²) in [4.78, 5) is 101. The van der Waals surface area contributed by atoms with Gasteiger partial charge >= 0.3 is 18.2 Å². The Hall–Kier alpha value is -12.6. The van der Waals surface area contributed by atoms with Crippen molar-refractivity contribution in [2.24, 2.45) is 4.99 Å². The smallest absolute Gasteiger partial charge is 0.413 e. The van der Waals surface area contributed by atoms with E-state index in [0.29, 0.717) is 81.9 Å². The summed E-state index contributed by atoms with van der Waals surface area (Å²) in [6, 6.07) is 33.1. The highest BCUT2D eigenvalue weighted by atomic mass is 16.5. The highest BCUT2D eigenvalue weighted by Crippen LogP contribution is 2.35. The molecule has 1 aliphatic rings. The fourth-order valence-corrected chi connectivity index (χ4v) is 10.0. The summed E-state index contributed by atoms with van der Waals surface area (Å²) < 4.78 is 15.3. The fraction of sp³-hybridized carbons (Fsp3) is 0.169. The first-order chi connectivity index (χ1) is 45.1. The number of aryl methyl sites for hydroxylation is 1. The highest BCUT2D eigenvalue weighted by molar-refractivity contribution is 6.21. The molecule has 0 bridgehead atoms. The van der Waals surface area contributed by atoms with Crippen LogP contribution in [0.4, 0.5) is 38.2 Å². The molecule has 4 aromatic carbocycles. The Morgan fingerprint density at radius 3 is 1.77 bits per heavy atom. The van der Waals surface area contributed by atoms with Gasteiger partial charge in [0.15, 0.2) is 5.78 Å². The number of allylic oxidation sites excluding steroid dienone is 1. The normalized spacial score (nSPS) is 12.5. The van der Waals surface area contributed by atoms with E-state index in [1.165, 1.54) is 0 Å². The molecule has 470 valence electrons. The molecule has 1 atom stereocenters. The second-order valence-corrected chi connectivity index (χ2v) is 20.8. The zero-order chi connectivity index (χ0) is 65.1. The van der Waals surface area contributed by atoms with E-state index in [2.05, 4.69) is 86.6 Å². The van der Waals surface area contributed by atoms with E-state index in [1.54, 1.807) is 96.4 Å². The Morgan fingerprint density at radius 2 is 1.20 bits per heavy atom. The zero-order valence-corrected chi connectivity index (χ0v) is 51.2. The number of nitrogens with one attached hydrogen (secondary N) is 8. The minimum absolute atomic E-state index is 0.0486. The number of methoxy groups -OCH3 is 1. The number of urea groups is 2. The number of ether oxygens (including phenoxy) is 2. The number of dihydropyridines is 1. The summed E-state index contributed by atoms with van der Waals surface area (Å²) in [5, 5.41) is 22.0. The van der Waals surface area contributed by atoms with Crippen molar-refractivity contribution in [2.45, 2.75) is 47.2 Å². The number of carbonyl (C=O) groups excluding carboxylic acids is 4. The summed E-state index contributed by atoms with van der Waals surface area (Å²) in [5.41, 5.74) is 19.1. The summed E-state index contributed by atoms with van der Waals surface area (Å²) in [7, 11) is 1.56. The molecule has 1 unspecified atom stereocenters. The van der Waals surface area contributed by atoms with E-state index < -0.39 is 6.09 Å². The topological polar surface area (TPSA) is 368 Å². The van der Waals surface area contributed by atoms with Crippen molar-refractivity contribution < 1.29 is 28.7 Å². The third-order valence-corrected chi connectivity index (χ3v) is 14.4. The number of ketones is 1. The summed E-state index contributed by atoms with van der Waals surface area (Å²) in [5.74, 6) is 1.54. The number of imidazole rings is 3. The number of aliphatic imine (C=N–C) groups is 1. The average molecular weight is 1250 g/mol. The number of hydrogen-bond donors (Lipinski definition) is 9. The van der Waals surface area contributed by atoms with Crippen LogP contribution in [0.2, 0.25) is 0 Å². The SMILES string of the molecule is CCNC(=O)Nc1nc2c(-c3cccc(OC)n3)cc(-c3cnc(N)nc3)cc2[nH]1.CCNC(=O)Nc1nc2c(-n3cccn3)cc(-c3cc(C)n(Cc4ccccc4)c(=O)c3)cc2[nH]1.CCOC(=O)Nc1nc2c(-n3cccn3)cc(C3=CC(=O)C(C)N=C3)cc2[nH]1. The molecule has 93 heavy (non-hydrogen) atoms. The summed E-state index contributed by atoms with van der Waals surface area (Å²) in [6.45, 7) is 10.9. The van der Waals surface area contributed by atoms with Crippen LogP contribution in [-0.2, 0) is 16.1 Å². The van der Waals surface area contributed by atoms with Gasteiger partial charge in [0.25, 0.3) is 5.56 Å². The molecule has 0 saturated carbocycles. The second-order valence-electron chi connectivity index (χ2n) is 20.8. The maximum atomic E-state index is 13.1. The van der Waals surface area contributed by atoms with Crippen LogP contribution in [0.25, 0.3) is 83.6 Å². The van der Waals surface area contributed by atoms with E-state index in [-0.39, 0.29) is 48.0 Å². The number of rotatable bonds is 15. The number of nitrogens with zero attached hydrogens (tertiary/aromatic N) is 12. The number of carbonyl (C=O) groups is 4. The largest absolute Gasteiger partial charge is 0.481 e. The number of H-pyrrole nitrogens is 3. The Kier molecular flexibility index (Phi) is 18.6.